The summed E-state index contributed by atoms with van der Waals surface area (Å²) in [5, 5.41) is 47.5. The van der Waals surface area contributed by atoms with Gasteiger partial charge in [0.15, 0.2) is 10.5 Å². The molecule has 1 aliphatic heterocycles. The Morgan fingerprint density at radius 1 is 0.757 bits per heavy atom. The molecule has 1 aromatic heterocycles. The third kappa shape index (κ3) is 13.4. The molecule has 70 heavy (non-hydrogen) atoms. The fourth-order valence-corrected chi connectivity index (χ4v) is 8.16. The quantitative estimate of drug-likeness (QED) is 0.0247. The van der Waals surface area contributed by atoms with Gasteiger partial charge in [0.05, 0.1) is 5.56 Å². The van der Waals surface area contributed by atoms with Gasteiger partial charge in [-0.1, -0.05) is 30.7 Å². The average Bonchev–Trinajstić information content (AvgIpc) is 3.73. The number of carbonyl (C=O) groups excluding carboxylic acids is 5. The molecule has 3 atom stereocenters. The lowest BCUT2D eigenvalue weighted by molar-refractivity contribution is -0.138. The smallest absolute Gasteiger partial charge is 0.336 e. The number of aromatic amines is 1. The number of aromatic carboxylic acids is 1. The first-order valence-corrected chi connectivity index (χ1v) is 22.7. The van der Waals surface area contributed by atoms with Gasteiger partial charge in [0.25, 0.3) is 0 Å². The molecule has 2 heterocycles. The van der Waals surface area contributed by atoms with Crippen LogP contribution >= 0.6 is 12.2 Å². The SMILES string of the molecule is CNC(=O)[C@H](CCC(=O)O)NC(=O)[C@H](Cc1c[nH]c2ccccc12)NC(=O)[C@H](CCC(N)=O)NC(=O)CCCCCNC(=S)Nc1ccc(-c2c3ccc(=O)cc-3oc3cc(O)ccc23)c(C(=O)O)c1. The van der Waals surface area contributed by atoms with Crippen LogP contribution in [0.4, 0.5) is 5.69 Å². The van der Waals surface area contributed by atoms with Crippen molar-refractivity contribution in [3.05, 3.63) is 106 Å². The molecule has 0 fully saturated rings. The number of hydrogen-bond donors (Lipinski definition) is 11. The Bertz CT molecular complexity index is 2990. The standard InChI is InChI=1S/C49H52N8O12S/c1-51-45(64)36(17-19-43(62)63)56-47(66)38(21-26-25-53-35-8-5-4-7-30(26)35)57-46(65)37(16-18-41(50)60)55-42(61)9-3-2-6-20-52-49(70)54-27-10-13-31(34(22-27)48(67)68)44-32-14-11-28(58)23-39(32)69-40-24-29(59)12-15-33(40)44/h4-5,7-8,10-15,22-25,36-38,53,58H,2-3,6,9,16-21H2,1H3,(H2,50,60)(H,51,64)(H,55,61)(H,56,66)(H,57,65)(H,62,63)(H,67,68)(H2,52,54,70)/t36-,37-,38-/m0/s1. The first kappa shape index (κ1) is 51.1. The van der Waals surface area contributed by atoms with E-state index in [9.17, 15) is 53.7 Å². The monoisotopic (exact) mass is 976 g/mol. The molecule has 3 aromatic carbocycles. The Hall–Kier alpha value is -8.33. The number of carboxylic acid groups (broad SMARTS) is 2. The minimum Gasteiger partial charge on any atom is -0.508 e. The molecular formula is C49H52N8O12S. The number of phenolic OH excluding ortho intramolecular Hbond substituents is 1. The van der Waals surface area contributed by atoms with Crippen molar-refractivity contribution in [2.75, 3.05) is 18.9 Å². The molecule has 5 amide bonds. The lowest BCUT2D eigenvalue weighted by atomic mass is 9.90. The van der Waals surface area contributed by atoms with Crippen molar-refractivity contribution in [2.45, 2.75) is 75.9 Å². The van der Waals surface area contributed by atoms with Gasteiger partial charge in [-0.2, -0.15) is 0 Å². The lowest BCUT2D eigenvalue weighted by Gasteiger charge is -2.25. The second kappa shape index (κ2) is 23.6. The topological polar surface area (TPSA) is 324 Å². The van der Waals surface area contributed by atoms with Crippen molar-refractivity contribution in [3.8, 4) is 28.2 Å². The van der Waals surface area contributed by atoms with Crippen LogP contribution in [0.1, 0.15) is 67.3 Å². The molecular weight excluding hydrogens is 925 g/mol. The van der Waals surface area contributed by atoms with Crippen LogP contribution in [-0.4, -0.2) is 98.6 Å². The van der Waals surface area contributed by atoms with E-state index in [1.165, 1.54) is 37.4 Å². The molecule has 21 heteroatoms. The molecule has 1 aliphatic carbocycles. The number of para-hydroxylation sites is 1. The summed E-state index contributed by atoms with van der Waals surface area (Å²) in [6, 6.07) is 16.8. The van der Waals surface area contributed by atoms with Crippen molar-refractivity contribution in [3.63, 3.8) is 0 Å². The van der Waals surface area contributed by atoms with E-state index >= 15 is 0 Å². The number of phenols is 1. The maximum absolute atomic E-state index is 13.8. The van der Waals surface area contributed by atoms with Gasteiger partial charge in [-0.3, -0.25) is 33.6 Å². The summed E-state index contributed by atoms with van der Waals surface area (Å²) in [4.78, 5) is 104. The number of aromatic nitrogens is 1. The molecule has 0 radical (unpaired) electrons. The van der Waals surface area contributed by atoms with Crippen molar-refractivity contribution in [1.29, 1.82) is 0 Å². The number of H-pyrrole nitrogens is 1. The average molecular weight is 977 g/mol. The van der Waals surface area contributed by atoms with Crippen molar-refractivity contribution in [1.82, 2.24) is 31.6 Å². The Balaban J connectivity index is 1.04. The van der Waals surface area contributed by atoms with E-state index < -0.39 is 66.0 Å². The number of anilines is 1. The highest BCUT2D eigenvalue weighted by molar-refractivity contribution is 7.80. The number of unbranched alkanes of at least 4 members (excludes halogenated alkanes) is 2. The van der Waals surface area contributed by atoms with E-state index in [-0.39, 0.29) is 65.3 Å². The third-order valence-corrected chi connectivity index (χ3v) is 11.7. The number of carbonyl (C=O) groups is 7. The lowest BCUT2D eigenvalue weighted by Crippen LogP contribution is -2.57. The van der Waals surface area contributed by atoms with Crippen LogP contribution in [0, 0.1) is 0 Å². The number of aliphatic carboxylic acids is 1. The predicted molar refractivity (Wildman–Crippen MR) is 263 cm³/mol. The third-order valence-electron chi connectivity index (χ3n) is 11.4. The molecule has 6 rings (SSSR count). The van der Waals surface area contributed by atoms with E-state index in [1.54, 1.807) is 36.5 Å². The normalized spacial score (nSPS) is 12.4. The zero-order valence-corrected chi connectivity index (χ0v) is 38.7. The molecule has 0 unspecified atom stereocenters. The fraction of sp³-hybridized carbons (Fsp3) is 0.286. The number of carboxylic acids is 2. The van der Waals surface area contributed by atoms with Crippen LogP contribution in [0.3, 0.4) is 0 Å². The number of likely N-dealkylation sites (N-methyl/N-ethyl adjacent to an activating group) is 1. The molecule has 0 saturated heterocycles. The van der Waals surface area contributed by atoms with Crippen LogP contribution in [0.2, 0.25) is 0 Å². The second-order valence-corrected chi connectivity index (χ2v) is 16.8. The molecule has 20 nitrogen and oxygen atoms in total. The van der Waals surface area contributed by atoms with Gasteiger partial charge in [0.2, 0.25) is 29.5 Å². The number of amides is 5. The summed E-state index contributed by atoms with van der Waals surface area (Å²) in [6.45, 7) is 0.387. The molecule has 12 N–H and O–H groups in total. The number of rotatable bonds is 23. The number of aromatic hydroxyl groups is 1. The minimum absolute atomic E-state index is 0.00327. The van der Waals surface area contributed by atoms with Crippen LogP contribution in [0.15, 0.2) is 94.3 Å². The highest BCUT2D eigenvalue weighted by Gasteiger charge is 2.31. The second-order valence-electron chi connectivity index (χ2n) is 16.4. The van der Waals surface area contributed by atoms with E-state index in [0.29, 0.717) is 59.1 Å². The van der Waals surface area contributed by atoms with Crippen molar-refractivity contribution >= 4 is 86.4 Å². The molecule has 0 saturated carbocycles. The number of primary amides is 1. The van der Waals surface area contributed by atoms with Crippen LogP contribution in [-0.2, 0) is 35.2 Å². The number of fused-ring (bicyclic) bond motifs is 3. The zero-order chi connectivity index (χ0) is 50.5. The summed E-state index contributed by atoms with van der Waals surface area (Å²) in [5.74, 6) is -5.68. The molecule has 0 spiro atoms. The predicted octanol–water partition coefficient (Wildman–Crippen LogP) is 3.87. The van der Waals surface area contributed by atoms with E-state index in [2.05, 4.69) is 36.9 Å². The van der Waals surface area contributed by atoms with E-state index in [4.69, 9.17) is 22.4 Å². The first-order valence-electron chi connectivity index (χ1n) is 22.3. The Labute approximate surface area is 405 Å². The van der Waals surface area contributed by atoms with Gasteiger partial charge < -0.3 is 62.4 Å². The van der Waals surface area contributed by atoms with E-state index in [0.717, 1.165) is 10.9 Å². The summed E-state index contributed by atoms with van der Waals surface area (Å²) >= 11 is 5.48. The molecule has 0 bridgehead atoms. The fourth-order valence-electron chi connectivity index (χ4n) is 7.94. The Morgan fingerprint density at radius 3 is 2.21 bits per heavy atom. The van der Waals surface area contributed by atoms with Crippen molar-refractivity contribution in [2.24, 2.45) is 5.73 Å². The highest BCUT2D eigenvalue weighted by atomic mass is 32.1. The molecule has 4 aromatic rings. The summed E-state index contributed by atoms with van der Waals surface area (Å²) in [7, 11) is 1.34. The number of benzene rings is 4. The number of nitrogens with one attached hydrogen (secondary N) is 7. The van der Waals surface area contributed by atoms with Gasteiger partial charge >= 0.3 is 11.9 Å². The number of hydrogen-bond acceptors (Lipinski definition) is 11. The Kier molecular flexibility index (Phi) is 17.2. The summed E-state index contributed by atoms with van der Waals surface area (Å²) in [6.07, 6.45) is 2.06. The minimum atomic E-state index is -1.30. The van der Waals surface area contributed by atoms with E-state index in [1.807, 2.05) is 18.2 Å². The van der Waals surface area contributed by atoms with Gasteiger partial charge in [-0.25, -0.2) is 4.79 Å². The Morgan fingerprint density at radius 2 is 1.47 bits per heavy atom. The van der Waals surface area contributed by atoms with Crippen LogP contribution in [0.25, 0.3) is 44.3 Å². The van der Waals surface area contributed by atoms with Crippen LogP contribution in [0.5, 0.6) is 5.75 Å². The zero-order valence-electron chi connectivity index (χ0n) is 37.9. The van der Waals surface area contributed by atoms with Gasteiger partial charge in [0.1, 0.15) is 35.2 Å². The molecule has 2 aliphatic rings. The largest absolute Gasteiger partial charge is 0.508 e. The first-order chi connectivity index (χ1) is 33.5. The summed E-state index contributed by atoms with van der Waals surface area (Å²) < 4.78 is 5.90. The summed E-state index contributed by atoms with van der Waals surface area (Å²) in [5.41, 5.74) is 8.42. The highest BCUT2D eigenvalue weighted by Crippen LogP contribution is 2.42. The van der Waals surface area contributed by atoms with Gasteiger partial charge in [0, 0.05) is 90.7 Å². The maximum Gasteiger partial charge on any atom is 0.336 e. The molecule has 366 valence electrons. The van der Waals surface area contributed by atoms with Crippen molar-refractivity contribution < 1.29 is 53.3 Å². The number of nitrogens with two attached hydrogens (primary N) is 1. The maximum atomic E-state index is 13.8. The number of thiocarbonyl (C=S) groups is 1. The van der Waals surface area contributed by atoms with Gasteiger partial charge in [-0.05, 0) is 91.5 Å². The van der Waals surface area contributed by atoms with Gasteiger partial charge in [-0.15, -0.1) is 0 Å². The van der Waals surface area contributed by atoms with Crippen LogP contribution < -0.4 is 43.1 Å².